The number of benzene rings is 1. The van der Waals surface area contributed by atoms with Gasteiger partial charge in [0, 0.05) is 12.3 Å². The summed E-state index contributed by atoms with van der Waals surface area (Å²) < 4.78 is 5.42. The molecule has 0 aromatic heterocycles. The average Bonchev–Trinajstić information content (AvgIpc) is 2.33. The SMILES string of the molecule is CCOCC(Nc1cc(N)ccc1C(=O)O)C(C)C. The minimum absolute atomic E-state index is 0.0415. The molecule has 0 amide bonds. The lowest BCUT2D eigenvalue weighted by Crippen LogP contribution is -2.31. The third-order valence-electron chi connectivity index (χ3n) is 2.92. The van der Waals surface area contributed by atoms with Gasteiger partial charge in [-0.25, -0.2) is 4.79 Å². The molecule has 1 atom stereocenters. The highest BCUT2D eigenvalue weighted by molar-refractivity contribution is 5.95. The smallest absolute Gasteiger partial charge is 0.337 e. The Labute approximate surface area is 113 Å². The number of hydrogen-bond donors (Lipinski definition) is 3. The average molecular weight is 266 g/mol. The molecule has 1 aromatic rings. The van der Waals surface area contributed by atoms with Crippen LogP contribution < -0.4 is 11.1 Å². The van der Waals surface area contributed by atoms with Gasteiger partial charge in [-0.2, -0.15) is 0 Å². The quantitative estimate of drug-likeness (QED) is 0.660. The Kier molecular flexibility index (Phi) is 5.63. The number of anilines is 2. The first kappa shape index (κ1) is 15.3. The summed E-state index contributed by atoms with van der Waals surface area (Å²) in [5.41, 5.74) is 7.00. The number of carboxylic acids is 1. The van der Waals surface area contributed by atoms with E-state index in [1.807, 2.05) is 6.92 Å². The van der Waals surface area contributed by atoms with Gasteiger partial charge >= 0.3 is 5.97 Å². The second kappa shape index (κ2) is 6.99. The Morgan fingerprint density at radius 2 is 2.16 bits per heavy atom. The van der Waals surface area contributed by atoms with Gasteiger partial charge in [-0.15, -0.1) is 0 Å². The van der Waals surface area contributed by atoms with E-state index in [4.69, 9.17) is 10.5 Å². The second-order valence-corrected chi connectivity index (χ2v) is 4.76. The van der Waals surface area contributed by atoms with Crippen LogP contribution in [0.1, 0.15) is 31.1 Å². The van der Waals surface area contributed by atoms with Crippen LogP contribution in [0.2, 0.25) is 0 Å². The zero-order chi connectivity index (χ0) is 14.4. The fraction of sp³-hybridized carbons (Fsp3) is 0.500. The molecule has 0 bridgehead atoms. The number of ether oxygens (including phenoxy) is 1. The van der Waals surface area contributed by atoms with Gasteiger partial charge in [0.2, 0.25) is 0 Å². The minimum Gasteiger partial charge on any atom is -0.478 e. The third kappa shape index (κ3) is 4.44. The molecule has 0 aliphatic heterocycles. The summed E-state index contributed by atoms with van der Waals surface area (Å²) in [5, 5.41) is 12.4. The number of nitrogens with one attached hydrogen (secondary N) is 1. The highest BCUT2D eigenvalue weighted by Gasteiger charge is 2.17. The van der Waals surface area contributed by atoms with Gasteiger partial charge in [0.1, 0.15) is 0 Å². The zero-order valence-corrected chi connectivity index (χ0v) is 11.6. The van der Waals surface area contributed by atoms with E-state index in [1.54, 1.807) is 12.1 Å². The Bertz CT molecular complexity index is 433. The molecular weight excluding hydrogens is 244 g/mol. The summed E-state index contributed by atoms with van der Waals surface area (Å²) >= 11 is 0. The first-order valence-electron chi connectivity index (χ1n) is 6.42. The lowest BCUT2D eigenvalue weighted by molar-refractivity contribution is 0.0697. The van der Waals surface area contributed by atoms with E-state index in [2.05, 4.69) is 19.2 Å². The van der Waals surface area contributed by atoms with E-state index in [9.17, 15) is 9.90 Å². The molecular formula is C14H22N2O3. The van der Waals surface area contributed by atoms with E-state index in [1.165, 1.54) is 6.07 Å². The topological polar surface area (TPSA) is 84.6 Å². The van der Waals surface area contributed by atoms with Crippen LogP contribution in [0.15, 0.2) is 18.2 Å². The molecule has 0 radical (unpaired) electrons. The number of carbonyl (C=O) groups is 1. The van der Waals surface area contributed by atoms with Crippen molar-refractivity contribution in [1.29, 1.82) is 0 Å². The predicted octanol–water partition coefficient (Wildman–Crippen LogP) is 2.44. The maximum atomic E-state index is 11.2. The predicted molar refractivity (Wildman–Crippen MR) is 76.6 cm³/mol. The summed E-state index contributed by atoms with van der Waals surface area (Å²) in [7, 11) is 0. The number of nitrogen functional groups attached to an aromatic ring is 1. The fourth-order valence-corrected chi connectivity index (χ4v) is 1.71. The largest absolute Gasteiger partial charge is 0.478 e. The van der Waals surface area contributed by atoms with Gasteiger partial charge in [-0.05, 0) is 31.0 Å². The highest BCUT2D eigenvalue weighted by atomic mass is 16.5. The zero-order valence-electron chi connectivity index (χ0n) is 11.6. The van der Waals surface area contributed by atoms with Crippen molar-refractivity contribution in [1.82, 2.24) is 0 Å². The summed E-state index contributed by atoms with van der Waals surface area (Å²) in [4.78, 5) is 11.2. The Morgan fingerprint density at radius 1 is 1.47 bits per heavy atom. The molecule has 0 heterocycles. The first-order chi connectivity index (χ1) is 8.95. The van der Waals surface area contributed by atoms with Crippen LogP contribution >= 0.6 is 0 Å². The molecule has 0 aliphatic carbocycles. The van der Waals surface area contributed by atoms with E-state index in [0.29, 0.717) is 30.5 Å². The normalized spacial score (nSPS) is 12.4. The van der Waals surface area contributed by atoms with Crippen LogP contribution in [0.4, 0.5) is 11.4 Å². The second-order valence-electron chi connectivity index (χ2n) is 4.76. The summed E-state index contributed by atoms with van der Waals surface area (Å²) in [6.45, 7) is 7.21. The van der Waals surface area contributed by atoms with Gasteiger partial charge in [0.15, 0.2) is 0 Å². The van der Waals surface area contributed by atoms with Crippen LogP contribution in [0, 0.1) is 5.92 Å². The number of rotatable bonds is 7. The third-order valence-corrected chi connectivity index (χ3v) is 2.92. The lowest BCUT2D eigenvalue weighted by Gasteiger charge is -2.24. The van der Waals surface area contributed by atoms with Gasteiger partial charge < -0.3 is 20.9 Å². The molecule has 1 rings (SSSR count). The maximum absolute atomic E-state index is 11.2. The monoisotopic (exact) mass is 266 g/mol. The molecule has 4 N–H and O–H groups in total. The van der Waals surface area contributed by atoms with Crippen LogP contribution in [0.25, 0.3) is 0 Å². The van der Waals surface area contributed by atoms with Crippen molar-refractivity contribution in [3.05, 3.63) is 23.8 Å². The van der Waals surface area contributed by atoms with Crippen LogP contribution in [-0.4, -0.2) is 30.3 Å². The standard InChI is InChI=1S/C14H22N2O3/c1-4-19-8-13(9(2)3)16-12-7-10(15)5-6-11(12)14(17)18/h5-7,9,13,16H,4,8,15H2,1-3H3,(H,17,18). The molecule has 5 heteroatoms. The summed E-state index contributed by atoms with van der Waals surface area (Å²) in [5.74, 6) is -0.656. The van der Waals surface area contributed by atoms with Crippen molar-refractivity contribution >= 4 is 17.3 Å². The van der Waals surface area contributed by atoms with Crippen molar-refractivity contribution in [2.45, 2.75) is 26.8 Å². The molecule has 106 valence electrons. The molecule has 0 aliphatic rings. The molecule has 0 fully saturated rings. The molecule has 0 spiro atoms. The van der Waals surface area contributed by atoms with E-state index in [0.717, 1.165) is 0 Å². The van der Waals surface area contributed by atoms with Crippen LogP contribution in [0.3, 0.4) is 0 Å². The molecule has 1 aromatic carbocycles. The van der Waals surface area contributed by atoms with Crippen molar-refractivity contribution in [3.8, 4) is 0 Å². The van der Waals surface area contributed by atoms with Crippen molar-refractivity contribution in [3.63, 3.8) is 0 Å². The van der Waals surface area contributed by atoms with Crippen molar-refractivity contribution < 1.29 is 14.6 Å². The summed E-state index contributed by atoms with van der Waals surface area (Å²) in [6, 6.07) is 4.78. The Morgan fingerprint density at radius 3 is 2.68 bits per heavy atom. The van der Waals surface area contributed by atoms with Gasteiger partial charge in [-0.1, -0.05) is 13.8 Å². The summed E-state index contributed by atoms with van der Waals surface area (Å²) in [6.07, 6.45) is 0. The molecule has 19 heavy (non-hydrogen) atoms. The van der Waals surface area contributed by atoms with E-state index in [-0.39, 0.29) is 11.6 Å². The number of nitrogens with two attached hydrogens (primary N) is 1. The Hall–Kier alpha value is -1.75. The van der Waals surface area contributed by atoms with Crippen LogP contribution in [0.5, 0.6) is 0 Å². The maximum Gasteiger partial charge on any atom is 0.337 e. The molecule has 0 saturated heterocycles. The Balaban J connectivity index is 2.94. The van der Waals surface area contributed by atoms with E-state index >= 15 is 0 Å². The fourth-order valence-electron chi connectivity index (χ4n) is 1.71. The number of aromatic carboxylic acids is 1. The van der Waals surface area contributed by atoms with Crippen LogP contribution in [-0.2, 0) is 4.74 Å². The highest BCUT2D eigenvalue weighted by Crippen LogP contribution is 2.22. The lowest BCUT2D eigenvalue weighted by atomic mass is 10.0. The molecule has 5 nitrogen and oxygen atoms in total. The molecule has 1 unspecified atom stereocenters. The van der Waals surface area contributed by atoms with Gasteiger partial charge in [0.05, 0.1) is 23.9 Å². The van der Waals surface area contributed by atoms with Gasteiger partial charge in [-0.3, -0.25) is 0 Å². The first-order valence-corrected chi connectivity index (χ1v) is 6.42. The molecule has 0 saturated carbocycles. The van der Waals surface area contributed by atoms with Crippen molar-refractivity contribution in [2.24, 2.45) is 5.92 Å². The van der Waals surface area contributed by atoms with Crippen molar-refractivity contribution in [2.75, 3.05) is 24.3 Å². The number of hydrogen-bond acceptors (Lipinski definition) is 4. The van der Waals surface area contributed by atoms with E-state index < -0.39 is 5.97 Å². The minimum atomic E-state index is -0.971. The number of carboxylic acid groups (broad SMARTS) is 1. The van der Waals surface area contributed by atoms with Gasteiger partial charge in [0.25, 0.3) is 0 Å².